The molecule has 4 nitrogen and oxygen atoms in total. The van der Waals surface area contributed by atoms with Gasteiger partial charge < -0.3 is 0 Å². The molecule has 0 radical (unpaired) electrons. The van der Waals surface area contributed by atoms with Gasteiger partial charge in [0, 0.05) is 11.6 Å². The van der Waals surface area contributed by atoms with E-state index in [0.29, 0.717) is 16.7 Å². The predicted molar refractivity (Wildman–Crippen MR) is 105 cm³/mol. The van der Waals surface area contributed by atoms with Gasteiger partial charge in [0.1, 0.15) is 5.82 Å². The first-order valence-corrected chi connectivity index (χ1v) is 9.75. The molecule has 1 atom stereocenters. The summed E-state index contributed by atoms with van der Waals surface area (Å²) in [5, 5.41) is 2.77. The Morgan fingerprint density at radius 3 is 2.58 bits per heavy atom. The van der Waals surface area contributed by atoms with Crippen LogP contribution in [0.25, 0.3) is 0 Å². The van der Waals surface area contributed by atoms with Crippen molar-refractivity contribution < 1.29 is 9.18 Å². The van der Waals surface area contributed by atoms with Gasteiger partial charge in [0.25, 0.3) is 0 Å². The Labute approximate surface area is 158 Å². The van der Waals surface area contributed by atoms with E-state index in [1.165, 1.54) is 35.2 Å². The van der Waals surface area contributed by atoms with Gasteiger partial charge in [-0.3, -0.25) is 9.69 Å². The quantitative estimate of drug-likeness (QED) is 0.658. The maximum absolute atomic E-state index is 13.1. The highest BCUT2D eigenvalue weighted by Crippen LogP contribution is 2.35. The van der Waals surface area contributed by atoms with Crippen LogP contribution in [0.1, 0.15) is 5.56 Å². The van der Waals surface area contributed by atoms with E-state index in [9.17, 15) is 9.18 Å². The highest BCUT2D eigenvalue weighted by Gasteiger charge is 2.39. The highest BCUT2D eigenvalue weighted by molar-refractivity contribution is 8.16. The summed E-state index contributed by atoms with van der Waals surface area (Å²) in [7, 11) is 0. The van der Waals surface area contributed by atoms with Crippen LogP contribution < -0.4 is 4.90 Å². The number of aromatic nitrogens is 1. The first-order valence-electron chi connectivity index (χ1n) is 7.99. The molecular weight excluding hydrogens is 369 g/mol. The summed E-state index contributed by atoms with van der Waals surface area (Å²) >= 11 is 2.84. The molecule has 1 saturated heterocycles. The van der Waals surface area contributed by atoms with E-state index in [0.717, 1.165) is 11.3 Å². The Hall–Kier alpha value is -2.51. The number of halogens is 1. The Morgan fingerprint density at radius 1 is 1.12 bits per heavy atom. The summed E-state index contributed by atoms with van der Waals surface area (Å²) in [6.45, 7) is 0. The van der Waals surface area contributed by atoms with Crippen molar-refractivity contribution in [3.8, 4) is 0 Å². The maximum atomic E-state index is 13.1. The smallest absolute Gasteiger partial charge is 0.247 e. The van der Waals surface area contributed by atoms with Crippen LogP contribution in [0, 0.1) is 5.82 Å². The Morgan fingerprint density at radius 2 is 1.88 bits per heavy atom. The molecule has 1 aliphatic rings. The number of thiazole rings is 1. The van der Waals surface area contributed by atoms with Gasteiger partial charge in [0.2, 0.25) is 11.0 Å². The van der Waals surface area contributed by atoms with Gasteiger partial charge in [0.05, 0.1) is 10.9 Å². The van der Waals surface area contributed by atoms with Crippen molar-refractivity contribution in [2.45, 2.75) is 11.7 Å². The SMILES string of the molecule is O=C1C(Cc2ccc(F)cc2)S/C(=N\c2nccs2)N1c1ccccc1. The van der Waals surface area contributed by atoms with Crippen LogP contribution >= 0.6 is 23.1 Å². The Bertz CT molecular complexity index is 927. The third-order valence-corrected chi connectivity index (χ3v) is 5.70. The lowest BCUT2D eigenvalue weighted by Gasteiger charge is -2.16. The van der Waals surface area contributed by atoms with Gasteiger partial charge in [0.15, 0.2) is 5.17 Å². The number of hydrogen-bond acceptors (Lipinski definition) is 5. The van der Waals surface area contributed by atoms with E-state index < -0.39 is 0 Å². The van der Waals surface area contributed by atoms with Crippen LogP contribution in [0.15, 0.2) is 71.2 Å². The molecule has 1 amide bonds. The molecule has 1 fully saturated rings. The average molecular weight is 383 g/mol. The molecule has 0 aliphatic carbocycles. The Kier molecular flexibility index (Phi) is 4.81. The third-order valence-electron chi connectivity index (χ3n) is 3.89. The van der Waals surface area contributed by atoms with Gasteiger partial charge >= 0.3 is 0 Å². The van der Waals surface area contributed by atoms with E-state index in [1.54, 1.807) is 23.2 Å². The van der Waals surface area contributed by atoms with E-state index in [4.69, 9.17) is 0 Å². The minimum atomic E-state index is -0.306. The first kappa shape index (κ1) is 16.9. The van der Waals surface area contributed by atoms with Crippen LogP contribution in [-0.4, -0.2) is 21.3 Å². The average Bonchev–Trinajstić information content (AvgIpc) is 3.27. The number of benzene rings is 2. The van der Waals surface area contributed by atoms with Crippen molar-refractivity contribution in [3.05, 3.63) is 77.6 Å². The second kappa shape index (κ2) is 7.39. The van der Waals surface area contributed by atoms with Crippen molar-refractivity contribution in [3.63, 3.8) is 0 Å². The molecule has 0 saturated carbocycles. The molecule has 7 heteroatoms. The lowest BCUT2D eigenvalue weighted by atomic mass is 10.1. The molecule has 4 rings (SSSR count). The molecule has 0 bridgehead atoms. The fourth-order valence-corrected chi connectivity index (χ4v) is 4.41. The van der Waals surface area contributed by atoms with Crippen LogP contribution in [0.3, 0.4) is 0 Å². The molecule has 0 spiro atoms. The number of para-hydroxylation sites is 1. The van der Waals surface area contributed by atoms with Crippen molar-refractivity contribution in [2.24, 2.45) is 4.99 Å². The number of carbonyl (C=O) groups is 1. The number of nitrogens with zero attached hydrogens (tertiary/aromatic N) is 3. The summed E-state index contributed by atoms with van der Waals surface area (Å²) in [5.74, 6) is -0.308. The van der Waals surface area contributed by atoms with Crippen LogP contribution in [0.5, 0.6) is 0 Å². The second-order valence-corrected chi connectivity index (χ2v) is 7.70. The van der Waals surface area contributed by atoms with E-state index in [1.807, 2.05) is 35.7 Å². The van der Waals surface area contributed by atoms with E-state index in [-0.39, 0.29) is 17.0 Å². The van der Waals surface area contributed by atoms with Crippen LogP contribution in [0.4, 0.5) is 15.2 Å². The molecule has 2 aromatic carbocycles. The third kappa shape index (κ3) is 3.54. The predicted octanol–water partition coefficient (Wildman–Crippen LogP) is 4.66. The largest absolute Gasteiger partial charge is 0.273 e. The monoisotopic (exact) mass is 383 g/mol. The number of carbonyl (C=O) groups excluding carboxylic acids is 1. The van der Waals surface area contributed by atoms with E-state index >= 15 is 0 Å². The summed E-state index contributed by atoms with van der Waals surface area (Å²) in [4.78, 5) is 23.4. The number of amides is 1. The fraction of sp³-hybridized carbons (Fsp3) is 0.105. The lowest BCUT2D eigenvalue weighted by Crippen LogP contribution is -2.32. The molecular formula is C19H14FN3OS2. The number of rotatable bonds is 4. The van der Waals surface area contributed by atoms with Crippen molar-refractivity contribution >= 4 is 45.0 Å². The van der Waals surface area contributed by atoms with Gasteiger partial charge in [-0.25, -0.2) is 9.37 Å². The minimum absolute atomic E-state index is 0.0270. The molecule has 1 unspecified atom stereocenters. The van der Waals surface area contributed by atoms with Gasteiger partial charge in [-0.05, 0) is 36.2 Å². The number of hydrogen-bond donors (Lipinski definition) is 0. The molecule has 1 aromatic heterocycles. The summed E-state index contributed by atoms with van der Waals surface area (Å²) in [6, 6.07) is 15.7. The Balaban J connectivity index is 1.66. The van der Waals surface area contributed by atoms with Crippen molar-refractivity contribution in [1.82, 2.24) is 4.98 Å². The number of amidine groups is 1. The summed E-state index contributed by atoms with van der Waals surface area (Å²) in [5.41, 5.74) is 1.70. The van der Waals surface area contributed by atoms with Gasteiger partial charge in [-0.2, -0.15) is 4.99 Å². The molecule has 3 aromatic rings. The van der Waals surface area contributed by atoms with Gasteiger partial charge in [-0.15, -0.1) is 11.3 Å². The standard InChI is InChI=1S/C19H14FN3OS2/c20-14-8-6-13(7-9-14)12-16-17(24)23(15-4-2-1-3-5-15)19(26-16)22-18-21-10-11-25-18/h1-11,16H,12H2/b22-19-. The van der Waals surface area contributed by atoms with Crippen molar-refractivity contribution in [1.29, 1.82) is 0 Å². The highest BCUT2D eigenvalue weighted by atomic mass is 32.2. The van der Waals surface area contributed by atoms with Crippen molar-refractivity contribution in [2.75, 3.05) is 4.90 Å². The zero-order valence-corrected chi connectivity index (χ0v) is 15.2. The molecule has 130 valence electrons. The molecule has 26 heavy (non-hydrogen) atoms. The molecule has 2 heterocycles. The minimum Gasteiger partial charge on any atom is -0.273 e. The van der Waals surface area contributed by atoms with Gasteiger partial charge in [-0.1, -0.05) is 42.1 Å². The zero-order valence-electron chi connectivity index (χ0n) is 13.6. The normalized spacial score (nSPS) is 18.7. The fourth-order valence-electron chi connectivity index (χ4n) is 2.68. The zero-order chi connectivity index (χ0) is 17.9. The number of thioether (sulfide) groups is 1. The lowest BCUT2D eigenvalue weighted by molar-refractivity contribution is -0.116. The topological polar surface area (TPSA) is 45.6 Å². The molecule has 1 aliphatic heterocycles. The maximum Gasteiger partial charge on any atom is 0.247 e. The summed E-state index contributed by atoms with van der Waals surface area (Å²) < 4.78 is 13.1. The number of anilines is 1. The first-order chi connectivity index (χ1) is 12.7. The van der Waals surface area contributed by atoms with Crippen LogP contribution in [0.2, 0.25) is 0 Å². The number of aliphatic imine (C=N–C) groups is 1. The van der Waals surface area contributed by atoms with Crippen LogP contribution in [-0.2, 0) is 11.2 Å². The summed E-state index contributed by atoms with van der Waals surface area (Å²) in [6.07, 6.45) is 2.21. The van der Waals surface area contributed by atoms with E-state index in [2.05, 4.69) is 9.98 Å². The molecule has 0 N–H and O–H groups in total. The second-order valence-electron chi connectivity index (χ2n) is 5.66.